The summed E-state index contributed by atoms with van der Waals surface area (Å²) in [7, 11) is -4.16. The monoisotopic (exact) mass is 443 g/mol. The molecule has 0 bridgehead atoms. The molecule has 0 aliphatic rings. The van der Waals surface area contributed by atoms with E-state index in [1.54, 1.807) is 6.92 Å². The molecule has 0 atom stereocenters. The molecule has 29 heavy (non-hydrogen) atoms. The van der Waals surface area contributed by atoms with Crippen LogP contribution < -0.4 is 14.2 Å². The summed E-state index contributed by atoms with van der Waals surface area (Å²) in [6, 6.07) is 8.23. The van der Waals surface area contributed by atoms with Gasteiger partial charge in [-0.25, -0.2) is 8.42 Å². The number of rotatable bonds is 7. The lowest BCUT2D eigenvalue weighted by molar-refractivity contribution is -0.153. The van der Waals surface area contributed by atoms with E-state index in [9.17, 15) is 34.8 Å². The van der Waals surface area contributed by atoms with E-state index >= 15 is 0 Å². The van der Waals surface area contributed by atoms with Gasteiger partial charge >= 0.3 is 12.4 Å². The van der Waals surface area contributed by atoms with Crippen molar-refractivity contribution in [3.05, 3.63) is 48.0 Å². The van der Waals surface area contributed by atoms with E-state index in [2.05, 4.69) is 14.2 Å². The second-order valence-corrected chi connectivity index (χ2v) is 7.60. The first kappa shape index (κ1) is 22.7. The summed E-state index contributed by atoms with van der Waals surface area (Å²) in [5.41, 5.74) is 0.455. The topological polar surface area (TPSA) is 64.6 Å². The maximum atomic E-state index is 12.4. The van der Waals surface area contributed by atoms with Crippen molar-refractivity contribution in [2.45, 2.75) is 24.2 Å². The van der Waals surface area contributed by atoms with E-state index in [0.29, 0.717) is 0 Å². The Morgan fingerprint density at radius 3 is 1.69 bits per heavy atom. The molecular weight excluding hydrogens is 428 g/mol. The number of hydrogen-bond acceptors (Lipinski definition) is 4. The van der Waals surface area contributed by atoms with Gasteiger partial charge in [0.2, 0.25) is 0 Å². The Labute approximate surface area is 162 Å². The fourth-order valence-electron chi connectivity index (χ4n) is 2.06. The number of sulfonamides is 1. The summed E-state index contributed by atoms with van der Waals surface area (Å²) in [6.45, 7) is -1.71. The Balaban J connectivity index is 2.31. The molecule has 5 nitrogen and oxygen atoms in total. The van der Waals surface area contributed by atoms with Crippen molar-refractivity contribution >= 4 is 15.7 Å². The molecule has 0 saturated carbocycles. The molecule has 0 spiro atoms. The van der Waals surface area contributed by atoms with Crippen LogP contribution in [0.25, 0.3) is 0 Å². The van der Waals surface area contributed by atoms with Gasteiger partial charge in [-0.3, -0.25) is 4.72 Å². The molecule has 1 N–H and O–H groups in total. The molecule has 2 aromatic rings. The second kappa shape index (κ2) is 8.39. The third-order valence-corrected chi connectivity index (χ3v) is 4.67. The zero-order chi connectivity index (χ0) is 21.9. The number of benzene rings is 2. The van der Waals surface area contributed by atoms with Crippen LogP contribution in [-0.4, -0.2) is 34.0 Å². The minimum absolute atomic E-state index is 0.150. The van der Waals surface area contributed by atoms with Crippen LogP contribution in [-0.2, 0) is 10.0 Å². The highest BCUT2D eigenvalue weighted by Crippen LogP contribution is 2.30. The van der Waals surface area contributed by atoms with E-state index in [-0.39, 0.29) is 10.6 Å². The molecule has 0 aliphatic carbocycles. The Kier molecular flexibility index (Phi) is 6.56. The molecule has 0 saturated heterocycles. The van der Waals surface area contributed by atoms with Crippen molar-refractivity contribution in [2.24, 2.45) is 0 Å². The van der Waals surface area contributed by atoms with Gasteiger partial charge in [0.05, 0.1) is 10.6 Å². The Morgan fingerprint density at radius 2 is 1.28 bits per heavy atom. The van der Waals surface area contributed by atoms with E-state index < -0.39 is 47.1 Å². The van der Waals surface area contributed by atoms with Gasteiger partial charge in [0.15, 0.2) is 13.2 Å². The van der Waals surface area contributed by atoms with Crippen LogP contribution in [0.2, 0.25) is 0 Å². The SMILES string of the molecule is Cc1ccc(S(=O)(=O)Nc2cc(OCC(F)(F)F)cc(OCC(F)(F)F)c2)cc1. The Bertz CT molecular complexity index is 904. The van der Waals surface area contributed by atoms with Crippen molar-refractivity contribution in [2.75, 3.05) is 17.9 Å². The molecule has 2 rings (SSSR count). The number of aryl methyl sites for hydroxylation is 1. The van der Waals surface area contributed by atoms with E-state index in [4.69, 9.17) is 0 Å². The standard InChI is InChI=1S/C17H15F6NO4S/c1-11-2-4-15(5-3-11)29(25,26)24-12-6-13(27-9-16(18,19)20)8-14(7-12)28-10-17(21,22)23/h2-8,24H,9-10H2,1H3. The maximum absolute atomic E-state index is 12.4. The first-order valence-electron chi connectivity index (χ1n) is 7.87. The molecule has 0 radical (unpaired) electrons. The van der Waals surface area contributed by atoms with Crippen molar-refractivity contribution in [1.29, 1.82) is 0 Å². The summed E-state index contributed by atoms with van der Waals surface area (Å²) in [5.74, 6) is -1.05. The van der Waals surface area contributed by atoms with Gasteiger partial charge < -0.3 is 9.47 Å². The quantitative estimate of drug-likeness (QED) is 0.632. The molecule has 0 aromatic heterocycles. The van der Waals surface area contributed by atoms with Crippen LogP contribution in [0.1, 0.15) is 5.56 Å². The minimum atomic E-state index is -4.70. The number of nitrogens with one attached hydrogen (secondary N) is 1. The number of alkyl halides is 6. The molecule has 160 valence electrons. The molecule has 0 fully saturated rings. The highest BCUT2D eigenvalue weighted by Gasteiger charge is 2.30. The Hall–Kier alpha value is -2.63. The molecular formula is C17H15F6NO4S. The fraction of sp³-hybridized carbons (Fsp3) is 0.294. The molecule has 0 amide bonds. The van der Waals surface area contributed by atoms with Crippen LogP contribution in [0.5, 0.6) is 11.5 Å². The van der Waals surface area contributed by atoms with E-state index in [0.717, 1.165) is 23.8 Å². The van der Waals surface area contributed by atoms with Gasteiger partial charge in [-0.1, -0.05) is 17.7 Å². The van der Waals surface area contributed by atoms with Gasteiger partial charge in [0, 0.05) is 18.2 Å². The summed E-state index contributed by atoms with van der Waals surface area (Å²) >= 11 is 0. The van der Waals surface area contributed by atoms with E-state index in [1.807, 2.05) is 0 Å². The average molecular weight is 443 g/mol. The van der Waals surface area contributed by atoms with Crippen LogP contribution in [0, 0.1) is 6.92 Å². The second-order valence-electron chi connectivity index (χ2n) is 5.92. The largest absolute Gasteiger partial charge is 0.484 e. The van der Waals surface area contributed by atoms with Crippen molar-refractivity contribution in [3.8, 4) is 11.5 Å². The zero-order valence-electron chi connectivity index (χ0n) is 14.8. The maximum Gasteiger partial charge on any atom is 0.422 e. The molecule has 0 aliphatic heterocycles. The first-order chi connectivity index (χ1) is 13.2. The van der Waals surface area contributed by atoms with Crippen LogP contribution in [0.3, 0.4) is 0 Å². The smallest absolute Gasteiger partial charge is 0.422 e. The van der Waals surface area contributed by atoms with Crippen molar-refractivity contribution in [1.82, 2.24) is 0 Å². The highest BCUT2D eigenvalue weighted by molar-refractivity contribution is 7.92. The van der Waals surface area contributed by atoms with Gasteiger partial charge in [0.25, 0.3) is 10.0 Å². The molecule has 2 aromatic carbocycles. The number of hydrogen-bond donors (Lipinski definition) is 1. The molecule has 0 heterocycles. The lowest BCUT2D eigenvalue weighted by Gasteiger charge is -2.15. The van der Waals surface area contributed by atoms with Crippen LogP contribution in [0.4, 0.5) is 32.0 Å². The first-order valence-corrected chi connectivity index (χ1v) is 9.35. The summed E-state index contributed by atoms with van der Waals surface area (Å²) in [6.07, 6.45) is -9.41. The molecule has 0 unspecified atom stereocenters. The van der Waals surface area contributed by atoms with Gasteiger partial charge in [-0.15, -0.1) is 0 Å². The minimum Gasteiger partial charge on any atom is -0.484 e. The van der Waals surface area contributed by atoms with Crippen LogP contribution in [0.15, 0.2) is 47.4 Å². The third kappa shape index (κ3) is 7.72. The number of anilines is 1. The zero-order valence-corrected chi connectivity index (χ0v) is 15.6. The predicted octanol–water partition coefficient (Wildman–Crippen LogP) is 4.68. The van der Waals surface area contributed by atoms with Gasteiger partial charge in [-0.2, -0.15) is 26.3 Å². The van der Waals surface area contributed by atoms with Gasteiger partial charge in [-0.05, 0) is 19.1 Å². The lowest BCUT2D eigenvalue weighted by Crippen LogP contribution is -2.20. The normalized spacial score (nSPS) is 12.5. The predicted molar refractivity (Wildman–Crippen MR) is 91.5 cm³/mol. The lowest BCUT2D eigenvalue weighted by atomic mass is 10.2. The van der Waals surface area contributed by atoms with Gasteiger partial charge in [0.1, 0.15) is 11.5 Å². The summed E-state index contributed by atoms with van der Waals surface area (Å²) in [5, 5.41) is 0. The van der Waals surface area contributed by atoms with Crippen molar-refractivity contribution in [3.63, 3.8) is 0 Å². The van der Waals surface area contributed by atoms with E-state index in [1.165, 1.54) is 24.3 Å². The van der Waals surface area contributed by atoms with Crippen LogP contribution >= 0.6 is 0 Å². The summed E-state index contributed by atoms with van der Waals surface area (Å²) < 4.78 is 110. The van der Waals surface area contributed by atoms with Crippen molar-refractivity contribution < 1.29 is 44.2 Å². The summed E-state index contributed by atoms with van der Waals surface area (Å²) in [4.78, 5) is -0.150. The highest BCUT2D eigenvalue weighted by atomic mass is 32.2. The average Bonchev–Trinajstić information content (AvgIpc) is 2.57. The third-order valence-electron chi connectivity index (χ3n) is 3.27. The Morgan fingerprint density at radius 1 is 0.828 bits per heavy atom. The fourth-order valence-corrected chi connectivity index (χ4v) is 3.10. The number of halogens is 6. The molecule has 12 heteroatoms. The number of ether oxygens (including phenoxy) is 2.